The molecular weight excluding hydrogens is 454 g/mol. The molecule has 0 aliphatic carbocycles. The highest BCUT2D eigenvalue weighted by atomic mass is 16.2. The Kier molecular flexibility index (Phi) is 6.47. The van der Waals surface area contributed by atoms with E-state index in [4.69, 9.17) is 0 Å². The number of carbonyl (C=O) groups is 2. The molecule has 2 amide bonds. The number of aryl methyl sites for hydroxylation is 2. The van der Waals surface area contributed by atoms with Crippen LogP contribution in [0.4, 0.5) is 0 Å². The topological polar surface area (TPSA) is 90.4 Å². The highest BCUT2D eigenvalue weighted by Crippen LogP contribution is 2.38. The fraction of sp³-hybridized carbons (Fsp3) is 0.464. The number of nitrogens with one attached hydrogen (secondary N) is 2. The molecule has 2 aromatic heterocycles. The smallest absolute Gasteiger partial charge is 0.255 e. The maximum absolute atomic E-state index is 12.5. The Labute approximate surface area is 211 Å². The summed E-state index contributed by atoms with van der Waals surface area (Å²) >= 11 is 0. The molecule has 0 bridgehead atoms. The molecule has 2 aliphatic rings. The largest absolute Gasteiger partial charge is 0.354 e. The van der Waals surface area contributed by atoms with Crippen LogP contribution in [-0.4, -0.2) is 57.5 Å². The molecule has 0 atom stereocenters. The van der Waals surface area contributed by atoms with E-state index in [-0.39, 0.29) is 17.4 Å². The van der Waals surface area contributed by atoms with Gasteiger partial charge in [-0.25, -0.2) is 0 Å². The van der Waals surface area contributed by atoms with Crippen molar-refractivity contribution in [1.29, 1.82) is 0 Å². The summed E-state index contributed by atoms with van der Waals surface area (Å²) in [5.41, 5.74) is 9.24. The molecule has 2 saturated heterocycles. The fourth-order valence-electron chi connectivity index (χ4n) is 5.69. The Hall–Kier alpha value is -3.39. The van der Waals surface area contributed by atoms with Crippen LogP contribution in [0.15, 0.2) is 35.3 Å². The van der Waals surface area contributed by atoms with Crippen LogP contribution in [0, 0.1) is 6.92 Å². The van der Waals surface area contributed by atoms with Gasteiger partial charge in [-0.3, -0.25) is 29.7 Å². The van der Waals surface area contributed by atoms with Gasteiger partial charge in [0, 0.05) is 41.7 Å². The van der Waals surface area contributed by atoms with E-state index in [0.717, 1.165) is 48.3 Å². The molecule has 36 heavy (non-hydrogen) atoms. The molecule has 8 nitrogen and oxygen atoms in total. The molecule has 0 spiro atoms. The zero-order chi connectivity index (χ0) is 25.6. The zero-order valence-corrected chi connectivity index (χ0v) is 21.6. The van der Waals surface area contributed by atoms with Crippen LogP contribution in [0.1, 0.15) is 61.6 Å². The van der Waals surface area contributed by atoms with Crippen LogP contribution in [0.5, 0.6) is 0 Å². The van der Waals surface area contributed by atoms with Crippen molar-refractivity contribution in [3.63, 3.8) is 0 Å². The van der Waals surface area contributed by atoms with E-state index in [1.165, 1.54) is 21.5 Å². The first-order valence-electron chi connectivity index (χ1n) is 12.9. The number of fused-ring (bicyclic) bond motifs is 1. The van der Waals surface area contributed by atoms with Gasteiger partial charge in [0.25, 0.3) is 11.5 Å². The molecule has 2 fully saturated rings. The molecule has 2 aliphatic heterocycles. The number of piperidine rings is 1. The van der Waals surface area contributed by atoms with E-state index >= 15 is 0 Å². The van der Waals surface area contributed by atoms with E-state index in [1.54, 1.807) is 11.6 Å². The van der Waals surface area contributed by atoms with Gasteiger partial charge in [-0.15, -0.1) is 0 Å². The minimum absolute atomic E-state index is 0.0291. The van der Waals surface area contributed by atoms with Crippen LogP contribution in [0.25, 0.3) is 22.2 Å². The first kappa shape index (κ1) is 24.3. The van der Waals surface area contributed by atoms with Crippen molar-refractivity contribution < 1.29 is 9.59 Å². The third kappa shape index (κ3) is 4.57. The second kappa shape index (κ2) is 9.58. The molecule has 1 aromatic carbocycles. The van der Waals surface area contributed by atoms with Crippen molar-refractivity contribution in [2.45, 2.75) is 51.9 Å². The van der Waals surface area contributed by atoms with Gasteiger partial charge >= 0.3 is 0 Å². The highest BCUT2D eigenvalue weighted by Gasteiger charge is 2.28. The van der Waals surface area contributed by atoms with Crippen LogP contribution in [0.2, 0.25) is 0 Å². The molecule has 8 heteroatoms. The Morgan fingerprint density at radius 3 is 2.50 bits per heavy atom. The van der Waals surface area contributed by atoms with Gasteiger partial charge in [0.05, 0.1) is 18.8 Å². The second-order valence-corrected chi connectivity index (χ2v) is 10.6. The molecular formula is C28H35N5O3. The van der Waals surface area contributed by atoms with Crippen LogP contribution in [-0.2, 0) is 16.6 Å². The Bertz CT molecular complexity index is 1350. The summed E-state index contributed by atoms with van der Waals surface area (Å²) < 4.78 is 1.65. The van der Waals surface area contributed by atoms with E-state index in [9.17, 15) is 14.4 Å². The number of likely N-dealkylation sites (tertiary alicyclic amines) is 1. The monoisotopic (exact) mass is 489 g/mol. The van der Waals surface area contributed by atoms with Gasteiger partial charge < -0.3 is 9.55 Å². The lowest BCUT2D eigenvalue weighted by Crippen LogP contribution is -2.46. The molecule has 190 valence electrons. The molecule has 0 radical (unpaired) electrons. The summed E-state index contributed by atoms with van der Waals surface area (Å²) in [6.07, 6.45) is 4.30. The molecule has 2 N–H and O–H groups in total. The van der Waals surface area contributed by atoms with E-state index in [2.05, 4.69) is 47.4 Å². The number of nitrogens with zero attached hydrogens (tertiary/aromatic N) is 3. The first-order chi connectivity index (χ1) is 17.2. The summed E-state index contributed by atoms with van der Waals surface area (Å²) in [6.45, 7) is 8.83. The van der Waals surface area contributed by atoms with E-state index < -0.39 is 0 Å². The molecule has 0 saturated carbocycles. The summed E-state index contributed by atoms with van der Waals surface area (Å²) in [6, 6.07) is 8.72. The first-order valence-corrected chi connectivity index (χ1v) is 12.9. The van der Waals surface area contributed by atoms with Crippen molar-refractivity contribution in [1.82, 2.24) is 24.9 Å². The van der Waals surface area contributed by atoms with Gasteiger partial charge in [0.15, 0.2) is 0 Å². The Morgan fingerprint density at radius 2 is 1.86 bits per heavy atom. The standard InChI is InChI=1S/C28H35N5O3/c1-17(2)26-22-14-20(5-6-23(22)29-27(26)21-13-18(3)28(36)31(4)15-21)19-7-10-32(11-8-19)16-25(35)33-12-9-24(34)30-33/h5-6,13-15,17,19,29H,7-12,16H2,1-4H3,(H,30,34). The number of hydrogen-bond acceptors (Lipinski definition) is 4. The molecule has 5 rings (SSSR count). The normalized spacial score (nSPS) is 17.4. The summed E-state index contributed by atoms with van der Waals surface area (Å²) in [5.74, 6) is 0.652. The number of pyridine rings is 1. The molecule has 0 unspecified atom stereocenters. The Balaban J connectivity index is 1.35. The number of carbonyl (C=O) groups excluding carboxylic acids is 2. The second-order valence-electron chi connectivity index (χ2n) is 10.6. The predicted molar refractivity (Wildman–Crippen MR) is 141 cm³/mol. The number of benzene rings is 1. The SMILES string of the molecule is Cc1cc(-c2[nH]c3ccc(C4CCN(CC(=O)N5CCC(=O)N5)CC4)cc3c2C(C)C)cn(C)c1=O. The maximum Gasteiger partial charge on any atom is 0.255 e. The fourth-order valence-corrected chi connectivity index (χ4v) is 5.69. The maximum atomic E-state index is 12.5. The number of aromatic nitrogens is 2. The minimum atomic E-state index is -0.0856. The number of H-pyrrole nitrogens is 1. The third-order valence-electron chi connectivity index (χ3n) is 7.63. The van der Waals surface area contributed by atoms with Gasteiger partial charge in [-0.1, -0.05) is 19.9 Å². The van der Waals surface area contributed by atoms with Gasteiger partial charge in [0.1, 0.15) is 0 Å². The van der Waals surface area contributed by atoms with E-state index in [0.29, 0.717) is 31.3 Å². The van der Waals surface area contributed by atoms with Crippen molar-refractivity contribution in [3.8, 4) is 11.3 Å². The summed E-state index contributed by atoms with van der Waals surface area (Å²) in [7, 11) is 1.80. The third-order valence-corrected chi connectivity index (χ3v) is 7.63. The van der Waals surface area contributed by atoms with Crippen LogP contribution >= 0.6 is 0 Å². The number of aromatic amines is 1. The van der Waals surface area contributed by atoms with Crippen molar-refractivity contribution in [2.75, 3.05) is 26.2 Å². The zero-order valence-electron chi connectivity index (χ0n) is 21.6. The minimum Gasteiger partial charge on any atom is -0.354 e. The average molecular weight is 490 g/mol. The Morgan fingerprint density at radius 1 is 1.11 bits per heavy atom. The van der Waals surface area contributed by atoms with Gasteiger partial charge in [-0.2, -0.15) is 0 Å². The lowest BCUT2D eigenvalue weighted by Gasteiger charge is -2.32. The molecule has 3 aromatic rings. The molecule has 4 heterocycles. The van der Waals surface area contributed by atoms with E-state index in [1.807, 2.05) is 19.2 Å². The quantitative estimate of drug-likeness (QED) is 0.575. The van der Waals surface area contributed by atoms with Gasteiger partial charge in [0.2, 0.25) is 5.91 Å². The summed E-state index contributed by atoms with van der Waals surface area (Å²) in [5, 5.41) is 2.69. The predicted octanol–water partition coefficient (Wildman–Crippen LogP) is 3.41. The van der Waals surface area contributed by atoms with Crippen molar-refractivity contribution in [2.24, 2.45) is 7.05 Å². The van der Waals surface area contributed by atoms with Crippen LogP contribution < -0.4 is 11.0 Å². The van der Waals surface area contributed by atoms with Gasteiger partial charge in [-0.05, 0) is 74.0 Å². The average Bonchev–Trinajstić information content (AvgIpc) is 3.46. The van der Waals surface area contributed by atoms with Crippen molar-refractivity contribution >= 4 is 22.7 Å². The van der Waals surface area contributed by atoms with Crippen molar-refractivity contribution in [3.05, 3.63) is 57.5 Å². The highest BCUT2D eigenvalue weighted by molar-refractivity contribution is 5.92. The number of rotatable bonds is 5. The number of amides is 2. The lowest BCUT2D eigenvalue weighted by molar-refractivity contribution is -0.137. The lowest BCUT2D eigenvalue weighted by atomic mass is 9.87. The van der Waals surface area contributed by atoms with Crippen LogP contribution in [0.3, 0.4) is 0 Å². The number of hydrogen-bond donors (Lipinski definition) is 2. The summed E-state index contributed by atoms with van der Waals surface area (Å²) in [4.78, 5) is 41.9. The number of hydrazine groups is 1.